The van der Waals surface area contributed by atoms with E-state index < -0.39 is 0 Å². The normalized spacial score (nSPS) is 25.6. The summed E-state index contributed by atoms with van der Waals surface area (Å²) in [5.41, 5.74) is 0.506. The van der Waals surface area contributed by atoms with E-state index in [-0.39, 0.29) is 0 Å². The number of rotatable bonds is 7. The molecule has 0 aromatic carbocycles. The Bertz CT molecular complexity index is 240. The molecule has 0 aromatic rings. The summed E-state index contributed by atoms with van der Waals surface area (Å²) in [6, 6.07) is 0.734. The van der Waals surface area contributed by atoms with Crippen LogP contribution in [-0.2, 0) is 0 Å². The fraction of sp³-hybridized carbons (Fsp3) is 1.00. The van der Waals surface area contributed by atoms with E-state index in [4.69, 9.17) is 0 Å². The predicted octanol–water partition coefficient (Wildman–Crippen LogP) is 3.95. The molecule has 2 fully saturated rings. The Balaban J connectivity index is 2.09. The molecule has 0 aromatic heterocycles. The summed E-state index contributed by atoms with van der Waals surface area (Å²) in [5.74, 6) is 0. The van der Waals surface area contributed by atoms with Crippen LogP contribution in [0.15, 0.2) is 0 Å². The van der Waals surface area contributed by atoms with Crippen LogP contribution in [0.25, 0.3) is 0 Å². The molecule has 2 aliphatic rings. The van der Waals surface area contributed by atoms with Gasteiger partial charge in [-0.05, 0) is 58.2 Å². The Hall–Kier alpha value is -0.0800. The third-order valence-electron chi connectivity index (χ3n) is 5.32. The molecule has 1 heterocycles. The quantitative estimate of drug-likeness (QED) is 0.750. The summed E-state index contributed by atoms with van der Waals surface area (Å²) in [7, 11) is 0. The van der Waals surface area contributed by atoms with Crippen molar-refractivity contribution in [2.24, 2.45) is 0 Å². The molecule has 0 amide bonds. The topological polar surface area (TPSA) is 15.3 Å². The molecule has 2 rings (SSSR count). The van der Waals surface area contributed by atoms with Crippen LogP contribution in [0, 0.1) is 0 Å². The lowest BCUT2D eigenvalue weighted by Gasteiger charge is -2.49. The maximum atomic E-state index is 3.91. The van der Waals surface area contributed by atoms with Crippen LogP contribution in [0.4, 0.5) is 0 Å². The highest BCUT2D eigenvalue weighted by molar-refractivity contribution is 5.04. The first-order valence-corrected chi connectivity index (χ1v) is 8.82. The van der Waals surface area contributed by atoms with Crippen molar-refractivity contribution in [2.75, 3.05) is 19.6 Å². The van der Waals surface area contributed by atoms with Crippen LogP contribution in [-0.4, -0.2) is 36.1 Å². The summed E-state index contributed by atoms with van der Waals surface area (Å²) in [6.07, 6.45) is 14.0. The Morgan fingerprint density at radius 1 is 0.947 bits per heavy atom. The van der Waals surface area contributed by atoms with Gasteiger partial charge < -0.3 is 5.32 Å². The number of likely N-dealkylation sites (tertiary alicyclic amines) is 1. The minimum Gasteiger partial charge on any atom is -0.312 e. The second-order valence-electron chi connectivity index (χ2n) is 6.65. The molecule has 0 spiro atoms. The molecule has 1 unspecified atom stereocenters. The van der Waals surface area contributed by atoms with Crippen LogP contribution in [0.1, 0.15) is 78.1 Å². The molecule has 0 radical (unpaired) electrons. The van der Waals surface area contributed by atoms with Gasteiger partial charge in [0.15, 0.2) is 0 Å². The van der Waals surface area contributed by atoms with Crippen molar-refractivity contribution in [3.8, 4) is 0 Å². The van der Waals surface area contributed by atoms with Crippen molar-refractivity contribution in [2.45, 2.75) is 89.6 Å². The van der Waals surface area contributed by atoms with Gasteiger partial charge in [-0.2, -0.15) is 0 Å². The van der Waals surface area contributed by atoms with Gasteiger partial charge >= 0.3 is 0 Å². The Kier molecular flexibility index (Phi) is 6.15. The summed E-state index contributed by atoms with van der Waals surface area (Å²) in [5, 5.41) is 3.91. The highest BCUT2D eigenvalue weighted by Gasteiger charge is 2.45. The van der Waals surface area contributed by atoms with E-state index in [0.717, 1.165) is 6.04 Å². The summed E-state index contributed by atoms with van der Waals surface area (Å²) in [4.78, 5) is 2.88. The summed E-state index contributed by atoms with van der Waals surface area (Å²) >= 11 is 0. The molecular weight excluding hydrogens is 232 g/mol. The molecule has 1 aliphatic carbocycles. The average molecular weight is 266 g/mol. The number of nitrogens with one attached hydrogen (secondary N) is 1. The summed E-state index contributed by atoms with van der Waals surface area (Å²) in [6.45, 7) is 8.54. The zero-order valence-corrected chi connectivity index (χ0v) is 13.2. The van der Waals surface area contributed by atoms with Crippen LogP contribution in [0.5, 0.6) is 0 Å². The molecule has 19 heavy (non-hydrogen) atoms. The molecule has 2 heteroatoms. The van der Waals surface area contributed by atoms with Crippen LogP contribution in [0.2, 0.25) is 0 Å². The van der Waals surface area contributed by atoms with E-state index in [1.807, 2.05) is 0 Å². The number of piperidine rings is 1. The smallest absolute Gasteiger partial charge is 0.0362 e. The zero-order chi connectivity index (χ0) is 13.6. The molecule has 1 saturated heterocycles. The van der Waals surface area contributed by atoms with Gasteiger partial charge in [-0.1, -0.05) is 39.5 Å². The van der Waals surface area contributed by atoms with Crippen molar-refractivity contribution in [1.29, 1.82) is 0 Å². The monoisotopic (exact) mass is 266 g/mol. The molecule has 0 bridgehead atoms. The van der Waals surface area contributed by atoms with Gasteiger partial charge in [0.2, 0.25) is 0 Å². The SMILES string of the molecule is CCCNC(CCC)C1(N2CCCCC2)CCCC1. The molecule has 1 saturated carbocycles. The maximum Gasteiger partial charge on any atom is 0.0362 e. The third-order valence-corrected chi connectivity index (χ3v) is 5.32. The van der Waals surface area contributed by atoms with Gasteiger partial charge in [-0.15, -0.1) is 0 Å². The lowest BCUT2D eigenvalue weighted by atomic mass is 9.82. The largest absolute Gasteiger partial charge is 0.312 e. The maximum absolute atomic E-state index is 3.91. The molecule has 1 aliphatic heterocycles. The Morgan fingerprint density at radius 2 is 1.63 bits per heavy atom. The fourth-order valence-corrected chi connectivity index (χ4v) is 4.38. The number of nitrogens with zero attached hydrogens (tertiary/aromatic N) is 1. The van der Waals surface area contributed by atoms with Crippen molar-refractivity contribution in [1.82, 2.24) is 10.2 Å². The fourth-order valence-electron chi connectivity index (χ4n) is 4.38. The number of hydrogen-bond acceptors (Lipinski definition) is 2. The van der Waals surface area contributed by atoms with E-state index >= 15 is 0 Å². The number of hydrogen-bond donors (Lipinski definition) is 1. The van der Waals surface area contributed by atoms with E-state index in [0.29, 0.717) is 5.54 Å². The van der Waals surface area contributed by atoms with Crippen LogP contribution >= 0.6 is 0 Å². The van der Waals surface area contributed by atoms with Gasteiger partial charge in [-0.3, -0.25) is 4.90 Å². The lowest BCUT2D eigenvalue weighted by Crippen LogP contribution is -2.61. The molecule has 2 nitrogen and oxygen atoms in total. The first-order chi connectivity index (χ1) is 9.33. The second kappa shape index (κ2) is 7.64. The van der Waals surface area contributed by atoms with Crippen molar-refractivity contribution in [3.63, 3.8) is 0 Å². The molecular formula is C17H34N2. The first-order valence-electron chi connectivity index (χ1n) is 8.82. The van der Waals surface area contributed by atoms with Gasteiger partial charge in [0.25, 0.3) is 0 Å². The van der Waals surface area contributed by atoms with Gasteiger partial charge in [0.1, 0.15) is 0 Å². The zero-order valence-electron chi connectivity index (χ0n) is 13.2. The third kappa shape index (κ3) is 3.52. The van der Waals surface area contributed by atoms with Gasteiger partial charge in [0, 0.05) is 11.6 Å². The lowest BCUT2D eigenvalue weighted by molar-refractivity contribution is 0.0337. The highest BCUT2D eigenvalue weighted by atomic mass is 15.2. The Labute approximate surface area is 120 Å². The van der Waals surface area contributed by atoms with E-state index in [1.165, 1.54) is 83.8 Å². The highest BCUT2D eigenvalue weighted by Crippen LogP contribution is 2.40. The molecule has 1 N–H and O–H groups in total. The van der Waals surface area contributed by atoms with Crippen LogP contribution < -0.4 is 5.32 Å². The Morgan fingerprint density at radius 3 is 2.21 bits per heavy atom. The minimum absolute atomic E-state index is 0.506. The first kappa shape index (κ1) is 15.3. The van der Waals surface area contributed by atoms with Crippen molar-refractivity contribution >= 4 is 0 Å². The minimum atomic E-state index is 0.506. The molecule has 112 valence electrons. The average Bonchev–Trinajstić information content (AvgIpc) is 2.95. The second-order valence-corrected chi connectivity index (χ2v) is 6.65. The van der Waals surface area contributed by atoms with E-state index in [9.17, 15) is 0 Å². The van der Waals surface area contributed by atoms with E-state index in [2.05, 4.69) is 24.1 Å². The molecule has 1 atom stereocenters. The van der Waals surface area contributed by atoms with Gasteiger partial charge in [0.05, 0.1) is 0 Å². The van der Waals surface area contributed by atoms with Crippen LogP contribution in [0.3, 0.4) is 0 Å². The van der Waals surface area contributed by atoms with Crippen molar-refractivity contribution < 1.29 is 0 Å². The standard InChI is InChI=1S/C17H34N2/c1-3-10-16(18-13-4-2)17(11-6-7-12-17)19-14-8-5-9-15-19/h16,18H,3-15H2,1-2H3. The van der Waals surface area contributed by atoms with Gasteiger partial charge in [-0.25, -0.2) is 0 Å². The summed E-state index contributed by atoms with van der Waals surface area (Å²) < 4.78 is 0. The van der Waals surface area contributed by atoms with E-state index in [1.54, 1.807) is 0 Å². The predicted molar refractivity (Wildman–Crippen MR) is 83.6 cm³/mol. The van der Waals surface area contributed by atoms with Crippen molar-refractivity contribution in [3.05, 3.63) is 0 Å².